The van der Waals surface area contributed by atoms with Crippen molar-refractivity contribution in [3.8, 4) is 0 Å². The largest absolute Gasteiger partial charge is 0.478 e. The lowest BCUT2D eigenvalue weighted by Gasteiger charge is -2.08. The number of hydrogen-bond acceptors (Lipinski definition) is 5. The first kappa shape index (κ1) is 14.2. The van der Waals surface area contributed by atoms with Crippen molar-refractivity contribution in [3.05, 3.63) is 17.8 Å². The molecule has 6 nitrogen and oxygen atoms in total. The number of nitrogens with one attached hydrogen (secondary N) is 1. The average Bonchev–Trinajstić information content (AvgIpc) is 2.35. The van der Waals surface area contributed by atoms with Crippen LogP contribution in [0.3, 0.4) is 0 Å². The van der Waals surface area contributed by atoms with Crippen LogP contribution in [-0.2, 0) is 4.74 Å². The molecule has 0 saturated carbocycles. The third kappa shape index (κ3) is 4.58. The summed E-state index contributed by atoms with van der Waals surface area (Å²) in [7, 11) is 1.68. The number of nitrogens with zero attached hydrogens (tertiary/aromatic N) is 1. The maximum absolute atomic E-state index is 11.0. The summed E-state index contributed by atoms with van der Waals surface area (Å²) >= 11 is 0. The van der Waals surface area contributed by atoms with Gasteiger partial charge >= 0.3 is 5.97 Å². The third-order valence-electron chi connectivity index (χ3n) is 2.46. The van der Waals surface area contributed by atoms with Crippen LogP contribution in [0.15, 0.2) is 12.3 Å². The monoisotopic (exact) mass is 253 g/mol. The van der Waals surface area contributed by atoms with E-state index in [-0.39, 0.29) is 5.56 Å². The highest BCUT2D eigenvalue weighted by molar-refractivity contribution is 5.94. The fourth-order valence-corrected chi connectivity index (χ4v) is 1.54. The van der Waals surface area contributed by atoms with Crippen LogP contribution in [0.2, 0.25) is 0 Å². The SMILES string of the molecule is COCCCCCNc1ncc(N)cc1C(=O)O. The topological polar surface area (TPSA) is 97.5 Å². The minimum atomic E-state index is -1.03. The minimum absolute atomic E-state index is 0.104. The molecule has 0 bridgehead atoms. The molecule has 0 atom stereocenters. The van der Waals surface area contributed by atoms with E-state index in [0.717, 1.165) is 25.9 Å². The van der Waals surface area contributed by atoms with Crippen LogP contribution in [0.1, 0.15) is 29.6 Å². The number of aromatic nitrogens is 1. The maximum Gasteiger partial charge on any atom is 0.339 e. The van der Waals surface area contributed by atoms with Crippen molar-refractivity contribution >= 4 is 17.5 Å². The highest BCUT2D eigenvalue weighted by Gasteiger charge is 2.11. The summed E-state index contributed by atoms with van der Waals surface area (Å²) < 4.78 is 4.95. The Morgan fingerprint density at radius 3 is 2.94 bits per heavy atom. The zero-order chi connectivity index (χ0) is 13.4. The summed E-state index contributed by atoms with van der Waals surface area (Å²) in [6.45, 7) is 1.43. The van der Waals surface area contributed by atoms with Gasteiger partial charge in [-0.3, -0.25) is 0 Å². The highest BCUT2D eigenvalue weighted by Crippen LogP contribution is 2.15. The van der Waals surface area contributed by atoms with Gasteiger partial charge < -0.3 is 20.9 Å². The summed E-state index contributed by atoms with van der Waals surface area (Å²) in [4.78, 5) is 15.0. The van der Waals surface area contributed by atoms with Gasteiger partial charge in [0.1, 0.15) is 11.4 Å². The van der Waals surface area contributed by atoms with Gasteiger partial charge in [0.05, 0.1) is 11.9 Å². The van der Waals surface area contributed by atoms with Crippen molar-refractivity contribution < 1.29 is 14.6 Å². The van der Waals surface area contributed by atoms with Gasteiger partial charge in [-0.1, -0.05) is 0 Å². The van der Waals surface area contributed by atoms with Gasteiger partial charge in [-0.2, -0.15) is 0 Å². The molecule has 1 heterocycles. The Bertz CT molecular complexity index is 396. The molecule has 6 heteroatoms. The quantitative estimate of drug-likeness (QED) is 0.609. The van der Waals surface area contributed by atoms with Gasteiger partial charge in [0.15, 0.2) is 0 Å². The van der Waals surface area contributed by atoms with Crippen molar-refractivity contribution in [2.75, 3.05) is 31.3 Å². The van der Waals surface area contributed by atoms with Gasteiger partial charge in [0.2, 0.25) is 0 Å². The van der Waals surface area contributed by atoms with E-state index >= 15 is 0 Å². The highest BCUT2D eigenvalue weighted by atomic mass is 16.5. The van der Waals surface area contributed by atoms with Crippen LogP contribution in [0, 0.1) is 0 Å². The van der Waals surface area contributed by atoms with Crippen LogP contribution in [0.25, 0.3) is 0 Å². The number of methoxy groups -OCH3 is 1. The van der Waals surface area contributed by atoms with Crippen molar-refractivity contribution in [2.24, 2.45) is 0 Å². The van der Waals surface area contributed by atoms with E-state index in [1.165, 1.54) is 12.3 Å². The molecule has 0 unspecified atom stereocenters. The molecule has 0 amide bonds. The fourth-order valence-electron chi connectivity index (χ4n) is 1.54. The van der Waals surface area contributed by atoms with Gasteiger partial charge in [-0.25, -0.2) is 9.78 Å². The van der Waals surface area contributed by atoms with Crippen molar-refractivity contribution in [1.29, 1.82) is 0 Å². The summed E-state index contributed by atoms with van der Waals surface area (Å²) in [6, 6.07) is 1.41. The fraction of sp³-hybridized carbons (Fsp3) is 0.500. The van der Waals surface area contributed by atoms with E-state index < -0.39 is 5.97 Å². The lowest BCUT2D eigenvalue weighted by Crippen LogP contribution is -2.10. The maximum atomic E-state index is 11.0. The van der Waals surface area contributed by atoms with E-state index in [1.54, 1.807) is 7.11 Å². The van der Waals surface area contributed by atoms with Crippen molar-refractivity contribution in [2.45, 2.75) is 19.3 Å². The number of ether oxygens (including phenoxy) is 1. The number of carbonyl (C=O) groups is 1. The smallest absolute Gasteiger partial charge is 0.339 e. The Labute approximate surface area is 106 Å². The summed E-state index contributed by atoms with van der Waals surface area (Å²) in [5.41, 5.74) is 5.96. The van der Waals surface area contributed by atoms with Crippen LogP contribution < -0.4 is 11.1 Å². The second-order valence-corrected chi connectivity index (χ2v) is 3.95. The normalized spacial score (nSPS) is 10.3. The molecule has 1 rings (SSSR count). The van der Waals surface area contributed by atoms with E-state index in [0.29, 0.717) is 18.1 Å². The Hall–Kier alpha value is -1.82. The van der Waals surface area contributed by atoms with Crippen molar-refractivity contribution in [3.63, 3.8) is 0 Å². The first-order valence-corrected chi connectivity index (χ1v) is 5.86. The molecule has 0 fully saturated rings. The van der Waals surface area contributed by atoms with E-state index in [4.69, 9.17) is 15.6 Å². The molecule has 0 spiro atoms. The Balaban J connectivity index is 2.44. The first-order valence-electron chi connectivity index (χ1n) is 5.86. The first-order chi connectivity index (χ1) is 8.65. The third-order valence-corrected chi connectivity index (χ3v) is 2.46. The van der Waals surface area contributed by atoms with Gasteiger partial charge in [0, 0.05) is 20.3 Å². The predicted molar refractivity (Wildman–Crippen MR) is 69.8 cm³/mol. The second kappa shape index (κ2) is 7.50. The van der Waals surface area contributed by atoms with E-state index in [9.17, 15) is 4.79 Å². The number of hydrogen-bond donors (Lipinski definition) is 3. The zero-order valence-corrected chi connectivity index (χ0v) is 10.5. The summed E-state index contributed by atoms with van der Waals surface area (Å²) in [6.07, 6.45) is 4.41. The molecule has 1 aromatic heterocycles. The molecule has 4 N–H and O–H groups in total. The number of unbranched alkanes of at least 4 members (excludes halogenated alkanes) is 2. The van der Waals surface area contributed by atoms with E-state index in [1.807, 2.05) is 0 Å². The van der Waals surface area contributed by atoms with Gasteiger partial charge in [-0.15, -0.1) is 0 Å². The van der Waals surface area contributed by atoms with Crippen LogP contribution in [-0.4, -0.2) is 36.3 Å². The second-order valence-electron chi connectivity index (χ2n) is 3.95. The van der Waals surface area contributed by atoms with Crippen molar-refractivity contribution in [1.82, 2.24) is 4.98 Å². The molecule has 0 aliphatic carbocycles. The molecular weight excluding hydrogens is 234 g/mol. The van der Waals surface area contributed by atoms with Crippen LogP contribution in [0.4, 0.5) is 11.5 Å². The van der Waals surface area contributed by atoms with Gasteiger partial charge in [-0.05, 0) is 25.3 Å². The van der Waals surface area contributed by atoms with Crippen LogP contribution in [0.5, 0.6) is 0 Å². The number of rotatable bonds is 8. The number of carboxylic acids is 1. The molecule has 0 aliphatic rings. The lowest BCUT2D eigenvalue weighted by molar-refractivity contribution is 0.0697. The number of pyridine rings is 1. The molecule has 0 aromatic carbocycles. The Kier molecular flexibility index (Phi) is 5.93. The van der Waals surface area contributed by atoms with Gasteiger partial charge in [0.25, 0.3) is 0 Å². The molecular formula is C12H19N3O3. The minimum Gasteiger partial charge on any atom is -0.478 e. The summed E-state index contributed by atoms with van der Waals surface area (Å²) in [5.74, 6) is -0.667. The molecule has 0 aliphatic heterocycles. The molecule has 100 valence electrons. The van der Waals surface area contributed by atoms with Crippen LogP contribution >= 0.6 is 0 Å². The molecule has 1 aromatic rings. The molecule has 18 heavy (non-hydrogen) atoms. The number of aromatic carboxylic acids is 1. The number of anilines is 2. The zero-order valence-electron chi connectivity index (χ0n) is 10.5. The Morgan fingerprint density at radius 2 is 2.28 bits per heavy atom. The number of carboxylic acid groups (broad SMARTS) is 1. The molecule has 0 radical (unpaired) electrons. The standard InChI is InChI=1S/C12H19N3O3/c1-18-6-4-2-3-5-14-11-10(12(16)17)7-9(13)8-15-11/h7-8H,2-6,13H2,1H3,(H,14,15)(H,16,17). The number of nitrogen functional groups attached to an aromatic ring is 1. The predicted octanol–water partition coefficient (Wildman–Crippen LogP) is 1.59. The Morgan fingerprint density at radius 1 is 1.50 bits per heavy atom. The van der Waals surface area contributed by atoms with E-state index in [2.05, 4.69) is 10.3 Å². The number of nitrogens with two attached hydrogens (primary N) is 1. The lowest BCUT2D eigenvalue weighted by atomic mass is 10.2. The average molecular weight is 253 g/mol. The summed E-state index contributed by atoms with van der Waals surface area (Å²) in [5, 5.41) is 12.0. The molecule has 0 saturated heterocycles.